The van der Waals surface area contributed by atoms with E-state index in [1.165, 1.54) is 0 Å². The zero-order valence-electron chi connectivity index (χ0n) is 9.14. The lowest BCUT2D eigenvalue weighted by Gasteiger charge is -2.29. The van der Waals surface area contributed by atoms with Crippen LogP contribution >= 0.6 is 0 Å². The van der Waals surface area contributed by atoms with Crippen molar-refractivity contribution >= 4 is 11.7 Å². The number of rotatable bonds is 2. The second-order valence-electron chi connectivity index (χ2n) is 3.84. The van der Waals surface area contributed by atoms with Gasteiger partial charge in [0.05, 0.1) is 24.9 Å². The molecule has 1 heterocycles. The van der Waals surface area contributed by atoms with Gasteiger partial charge in [0.15, 0.2) is 0 Å². The largest absolute Gasteiger partial charge is 0.377 e. The highest BCUT2D eigenvalue weighted by Gasteiger charge is 2.23. The molecule has 0 radical (unpaired) electrons. The molecule has 5 heteroatoms. The standard InChI is InChI=1S/C11H15N3O2/c1-8-4-2-3-5-10(8)14(12)11(15)13-9-6-16-7-9/h2-5,9H,6-7,12H2,1H3,(H,13,15). The Balaban J connectivity index is 2.03. The van der Waals surface area contributed by atoms with Gasteiger partial charge in [-0.3, -0.25) is 0 Å². The van der Waals surface area contributed by atoms with Gasteiger partial charge in [0.2, 0.25) is 0 Å². The van der Waals surface area contributed by atoms with Crippen LogP contribution in [0.3, 0.4) is 0 Å². The second-order valence-corrected chi connectivity index (χ2v) is 3.84. The SMILES string of the molecule is Cc1ccccc1N(N)C(=O)NC1COC1. The Labute approximate surface area is 94.1 Å². The number of urea groups is 1. The lowest BCUT2D eigenvalue weighted by molar-refractivity contribution is 0.000375. The van der Waals surface area contributed by atoms with E-state index in [0.29, 0.717) is 18.9 Å². The first-order chi connectivity index (χ1) is 7.68. The third-order valence-electron chi connectivity index (χ3n) is 2.56. The Bertz CT molecular complexity index is 391. The number of hydrazine groups is 1. The van der Waals surface area contributed by atoms with Crippen molar-refractivity contribution in [1.82, 2.24) is 5.32 Å². The monoisotopic (exact) mass is 221 g/mol. The van der Waals surface area contributed by atoms with Crippen LogP contribution in [0.1, 0.15) is 5.56 Å². The number of hydrogen-bond acceptors (Lipinski definition) is 3. The highest BCUT2D eigenvalue weighted by molar-refractivity contribution is 5.91. The summed E-state index contributed by atoms with van der Waals surface area (Å²) < 4.78 is 4.97. The first kappa shape index (κ1) is 10.9. The molecule has 3 N–H and O–H groups in total. The van der Waals surface area contributed by atoms with Crippen LogP contribution < -0.4 is 16.2 Å². The van der Waals surface area contributed by atoms with Crippen LogP contribution in [0.15, 0.2) is 24.3 Å². The first-order valence-electron chi connectivity index (χ1n) is 5.17. The quantitative estimate of drug-likeness (QED) is 0.440. The van der Waals surface area contributed by atoms with Crippen LogP contribution in [-0.2, 0) is 4.74 Å². The zero-order valence-corrected chi connectivity index (χ0v) is 9.14. The van der Waals surface area contributed by atoms with Gasteiger partial charge in [0, 0.05) is 0 Å². The molecule has 16 heavy (non-hydrogen) atoms. The highest BCUT2D eigenvalue weighted by Crippen LogP contribution is 2.16. The van der Waals surface area contributed by atoms with Gasteiger partial charge in [0.1, 0.15) is 0 Å². The maximum absolute atomic E-state index is 11.7. The van der Waals surface area contributed by atoms with Crippen molar-refractivity contribution in [2.75, 3.05) is 18.2 Å². The number of nitrogens with zero attached hydrogens (tertiary/aromatic N) is 1. The number of aryl methyl sites for hydroxylation is 1. The van der Waals surface area contributed by atoms with Gasteiger partial charge < -0.3 is 10.1 Å². The summed E-state index contributed by atoms with van der Waals surface area (Å²) in [5.74, 6) is 5.75. The van der Waals surface area contributed by atoms with Gasteiger partial charge in [-0.25, -0.2) is 15.6 Å². The van der Waals surface area contributed by atoms with Crippen LogP contribution in [-0.4, -0.2) is 25.3 Å². The average Bonchev–Trinajstić information content (AvgIpc) is 2.23. The maximum Gasteiger partial charge on any atom is 0.336 e. The predicted octanol–water partition coefficient (Wildman–Crippen LogP) is 0.784. The summed E-state index contributed by atoms with van der Waals surface area (Å²) in [6, 6.07) is 7.26. The van der Waals surface area contributed by atoms with Gasteiger partial charge >= 0.3 is 6.03 Å². The first-order valence-corrected chi connectivity index (χ1v) is 5.17. The smallest absolute Gasteiger partial charge is 0.336 e. The number of carbonyl (C=O) groups is 1. The minimum atomic E-state index is -0.303. The van der Waals surface area contributed by atoms with Gasteiger partial charge in [-0.2, -0.15) is 0 Å². The van der Waals surface area contributed by atoms with E-state index in [1.54, 1.807) is 0 Å². The topological polar surface area (TPSA) is 67.6 Å². The number of para-hydroxylation sites is 1. The molecule has 1 aromatic carbocycles. The van der Waals surface area contributed by atoms with E-state index in [0.717, 1.165) is 10.6 Å². The minimum absolute atomic E-state index is 0.0857. The molecule has 1 aliphatic rings. The van der Waals surface area contributed by atoms with Crippen molar-refractivity contribution in [3.8, 4) is 0 Å². The van der Waals surface area contributed by atoms with Crippen molar-refractivity contribution in [3.05, 3.63) is 29.8 Å². The number of benzene rings is 1. The zero-order chi connectivity index (χ0) is 11.5. The molecule has 0 unspecified atom stereocenters. The van der Waals surface area contributed by atoms with E-state index in [-0.39, 0.29) is 12.1 Å². The lowest BCUT2D eigenvalue weighted by Crippen LogP contribution is -2.55. The van der Waals surface area contributed by atoms with Crippen molar-refractivity contribution < 1.29 is 9.53 Å². The molecule has 1 saturated heterocycles. The number of nitrogens with two attached hydrogens (primary N) is 1. The summed E-state index contributed by atoms with van der Waals surface area (Å²) in [7, 11) is 0. The minimum Gasteiger partial charge on any atom is -0.377 e. The van der Waals surface area contributed by atoms with Crippen LogP contribution in [0.5, 0.6) is 0 Å². The molecule has 0 aliphatic carbocycles. The summed E-state index contributed by atoms with van der Waals surface area (Å²) in [5, 5.41) is 3.91. The fourth-order valence-corrected chi connectivity index (χ4v) is 1.51. The van der Waals surface area contributed by atoms with Crippen molar-refractivity contribution in [2.45, 2.75) is 13.0 Å². The third kappa shape index (κ3) is 2.15. The Hall–Kier alpha value is -1.59. The van der Waals surface area contributed by atoms with E-state index in [9.17, 15) is 4.79 Å². The van der Waals surface area contributed by atoms with E-state index >= 15 is 0 Å². The Morgan fingerprint density at radius 2 is 2.19 bits per heavy atom. The lowest BCUT2D eigenvalue weighted by atomic mass is 10.2. The molecule has 1 aromatic rings. The normalized spacial score (nSPS) is 15.4. The number of nitrogens with one attached hydrogen (secondary N) is 1. The molecule has 2 amide bonds. The number of amides is 2. The van der Waals surface area contributed by atoms with Crippen molar-refractivity contribution in [1.29, 1.82) is 0 Å². The molecule has 0 saturated carbocycles. The Morgan fingerprint density at radius 3 is 2.75 bits per heavy atom. The Kier molecular flexibility index (Phi) is 3.07. The molecular formula is C11H15N3O2. The van der Waals surface area contributed by atoms with Crippen LogP contribution in [0, 0.1) is 6.92 Å². The summed E-state index contributed by atoms with van der Waals surface area (Å²) >= 11 is 0. The molecular weight excluding hydrogens is 206 g/mol. The van der Waals surface area contributed by atoms with Crippen LogP contribution in [0.2, 0.25) is 0 Å². The predicted molar refractivity (Wildman–Crippen MR) is 61.0 cm³/mol. The number of ether oxygens (including phenoxy) is 1. The van der Waals surface area contributed by atoms with Crippen LogP contribution in [0.25, 0.3) is 0 Å². The van der Waals surface area contributed by atoms with Gasteiger partial charge in [0.25, 0.3) is 0 Å². The van der Waals surface area contributed by atoms with Gasteiger partial charge in [-0.05, 0) is 18.6 Å². The molecule has 0 atom stereocenters. The summed E-state index contributed by atoms with van der Waals surface area (Å²) in [6.45, 7) is 3.04. The number of carbonyl (C=O) groups excluding carboxylic acids is 1. The summed E-state index contributed by atoms with van der Waals surface area (Å²) in [6.07, 6.45) is 0. The van der Waals surface area contributed by atoms with E-state index in [2.05, 4.69) is 5.32 Å². The summed E-state index contributed by atoms with van der Waals surface area (Å²) in [4.78, 5) is 11.7. The number of anilines is 1. The fourth-order valence-electron chi connectivity index (χ4n) is 1.51. The maximum atomic E-state index is 11.7. The molecule has 5 nitrogen and oxygen atoms in total. The molecule has 0 bridgehead atoms. The molecule has 1 fully saturated rings. The number of hydrogen-bond donors (Lipinski definition) is 2. The van der Waals surface area contributed by atoms with E-state index in [4.69, 9.17) is 10.6 Å². The fraction of sp³-hybridized carbons (Fsp3) is 0.364. The van der Waals surface area contributed by atoms with E-state index < -0.39 is 0 Å². The molecule has 86 valence electrons. The van der Waals surface area contributed by atoms with Gasteiger partial charge in [-0.1, -0.05) is 18.2 Å². The molecule has 1 aliphatic heterocycles. The second kappa shape index (κ2) is 4.51. The van der Waals surface area contributed by atoms with Crippen molar-refractivity contribution in [2.24, 2.45) is 5.84 Å². The average molecular weight is 221 g/mol. The molecule has 0 spiro atoms. The van der Waals surface area contributed by atoms with Gasteiger partial charge in [-0.15, -0.1) is 0 Å². The molecule has 0 aromatic heterocycles. The van der Waals surface area contributed by atoms with Crippen molar-refractivity contribution in [3.63, 3.8) is 0 Å². The van der Waals surface area contributed by atoms with Crippen LogP contribution in [0.4, 0.5) is 10.5 Å². The van der Waals surface area contributed by atoms with E-state index in [1.807, 2.05) is 31.2 Å². The molecule has 2 rings (SSSR count). The highest BCUT2D eigenvalue weighted by atomic mass is 16.5. The Morgan fingerprint density at radius 1 is 1.50 bits per heavy atom. The summed E-state index contributed by atoms with van der Waals surface area (Å²) in [5.41, 5.74) is 1.67. The third-order valence-corrected chi connectivity index (χ3v) is 2.56.